The van der Waals surface area contributed by atoms with Gasteiger partial charge in [0.1, 0.15) is 13.2 Å². The first kappa shape index (κ1) is 12.3. The number of nitrogens with two attached hydrogens (primary N) is 1. The van der Waals surface area contributed by atoms with Crippen molar-refractivity contribution in [1.29, 1.82) is 0 Å². The van der Waals surface area contributed by atoms with Crippen LogP contribution in [-0.4, -0.2) is 43.7 Å². The number of rotatable bonds is 3. The molecule has 0 spiro atoms. The van der Waals surface area contributed by atoms with Gasteiger partial charge in [0, 0.05) is 35.8 Å². The summed E-state index contributed by atoms with van der Waals surface area (Å²) in [5, 5.41) is 1.15. The van der Waals surface area contributed by atoms with E-state index in [-0.39, 0.29) is 6.04 Å². The molecule has 19 heavy (non-hydrogen) atoms. The summed E-state index contributed by atoms with van der Waals surface area (Å²) in [7, 11) is 4.07. The van der Waals surface area contributed by atoms with E-state index in [1.807, 2.05) is 32.4 Å². The molecule has 1 aliphatic rings. The molecule has 1 aliphatic heterocycles. The Balaban J connectivity index is 2.11. The maximum absolute atomic E-state index is 5.88. The van der Waals surface area contributed by atoms with Crippen molar-refractivity contribution < 1.29 is 9.47 Å². The van der Waals surface area contributed by atoms with Crippen molar-refractivity contribution in [3.05, 3.63) is 23.9 Å². The zero-order chi connectivity index (χ0) is 13.4. The molecule has 0 fully saturated rings. The third-order valence-corrected chi connectivity index (χ3v) is 3.58. The zero-order valence-electron chi connectivity index (χ0n) is 11.3. The van der Waals surface area contributed by atoms with Gasteiger partial charge in [-0.3, -0.25) is 0 Å². The normalized spacial score (nSPS) is 16.0. The van der Waals surface area contributed by atoms with Crippen LogP contribution in [0, 0.1) is 0 Å². The molecule has 3 rings (SSSR count). The van der Waals surface area contributed by atoms with Gasteiger partial charge in [-0.1, -0.05) is 0 Å². The Morgan fingerprint density at radius 2 is 1.95 bits per heavy atom. The van der Waals surface area contributed by atoms with Gasteiger partial charge in [0.2, 0.25) is 0 Å². The van der Waals surface area contributed by atoms with Gasteiger partial charge in [0.05, 0.1) is 0 Å². The van der Waals surface area contributed by atoms with Crippen molar-refractivity contribution in [2.45, 2.75) is 6.04 Å². The number of benzene rings is 1. The van der Waals surface area contributed by atoms with Gasteiger partial charge in [0.15, 0.2) is 11.5 Å². The maximum atomic E-state index is 5.88. The fraction of sp³-hybridized carbons (Fsp3) is 0.429. The van der Waals surface area contributed by atoms with Crippen LogP contribution in [0.5, 0.6) is 11.5 Å². The average Bonchev–Trinajstić information content (AvgIpc) is 2.80. The first-order valence-electron chi connectivity index (χ1n) is 6.48. The summed E-state index contributed by atoms with van der Waals surface area (Å²) in [6.45, 7) is 1.79. The second-order valence-corrected chi connectivity index (χ2v) is 5.00. The molecule has 102 valence electrons. The Morgan fingerprint density at radius 1 is 1.26 bits per heavy atom. The summed E-state index contributed by atoms with van der Waals surface area (Å²) in [5.41, 5.74) is 8.13. The van der Waals surface area contributed by atoms with E-state index in [1.165, 1.54) is 5.56 Å². The molecule has 0 saturated heterocycles. The van der Waals surface area contributed by atoms with E-state index in [0.29, 0.717) is 19.8 Å². The highest BCUT2D eigenvalue weighted by atomic mass is 16.6. The SMILES string of the molecule is CN(C)C(CN)c1c[nH]c2cc3c(cc12)OCCO3. The van der Waals surface area contributed by atoms with E-state index in [1.54, 1.807) is 0 Å². The highest BCUT2D eigenvalue weighted by molar-refractivity contribution is 5.87. The number of aromatic amines is 1. The van der Waals surface area contributed by atoms with E-state index < -0.39 is 0 Å². The van der Waals surface area contributed by atoms with Crippen molar-refractivity contribution in [2.75, 3.05) is 33.9 Å². The summed E-state index contributed by atoms with van der Waals surface area (Å²) in [5.74, 6) is 1.62. The molecule has 0 radical (unpaired) electrons. The molecule has 2 heterocycles. The molecule has 1 aromatic heterocycles. The minimum atomic E-state index is 0.191. The highest BCUT2D eigenvalue weighted by Gasteiger charge is 2.20. The lowest BCUT2D eigenvalue weighted by Gasteiger charge is -2.23. The molecule has 0 aliphatic carbocycles. The Morgan fingerprint density at radius 3 is 2.58 bits per heavy atom. The minimum Gasteiger partial charge on any atom is -0.486 e. The van der Waals surface area contributed by atoms with Crippen LogP contribution in [0.4, 0.5) is 0 Å². The van der Waals surface area contributed by atoms with Crippen LogP contribution in [0.3, 0.4) is 0 Å². The number of nitrogens with one attached hydrogen (secondary N) is 1. The van der Waals surface area contributed by atoms with Gasteiger partial charge in [-0.2, -0.15) is 0 Å². The number of hydrogen-bond donors (Lipinski definition) is 2. The smallest absolute Gasteiger partial charge is 0.163 e. The standard InChI is InChI=1S/C14H19N3O2/c1-17(2)12(7-15)10-8-16-11-6-14-13(5-9(10)11)18-3-4-19-14/h5-6,8,12,16H,3-4,7,15H2,1-2H3. The quantitative estimate of drug-likeness (QED) is 0.879. The largest absolute Gasteiger partial charge is 0.486 e. The second-order valence-electron chi connectivity index (χ2n) is 5.00. The first-order valence-corrected chi connectivity index (χ1v) is 6.48. The molecule has 1 aromatic carbocycles. The Labute approximate surface area is 112 Å². The number of likely N-dealkylation sites (N-methyl/N-ethyl adjacent to an activating group) is 1. The molecular weight excluding hydrogens is 242 g/mol. The molecule has 2 aromatic rings. The third kappa shape index (κ3) is 2.05. The van der Waals surface area contributed by atoms with Crippen LogP contribution in [0.15, 0.2) is 18.3 Å². The van der Waals surface area contributed by atoms with Crippen molar-refractivity contribution in [1.82, 2.24) is 9.88 Å². The number of hydrogen-bond acceptors (Lipinski definition) is 4. The molecule has 0 amide bonds. The third-order valence-electron chi connectivity index (χ3n) is 3.58. The molecule has 5 nitrogen and oxygen atoms in total. The number of nitrogens with zero attached hydrogens (tertiary/aromatic N) is 1. The molecule has 5 heteroatoms. The summed E-state index contributed by atoms with van der Waals surface area (Å²) in [6.07, 6.45) is 2.02. The van der Waals surface area contributed by atoms with Gasteiger partial charge >= 0.3 is 0 Å². The van der Waals surface area contributed by atoms with Gasteiger partial charge in [-0.25, -0.2) is 0 Å². The summed E-state index contributed by atoms with van der Waals surface area (Å²) < 4.78 is 11.2. The number of H-pyrrole nitrogens is 1. The van der Waals surface area contributed by atoms with Crippen molar-refractivity contribution >= 4 is 10.9 Å². The van der Waals surface area contributed by atoms with Gasteiger partial charge in [0.25, 0.3) is 0 Å². The first-order chi connectivity index (χ1) is 9.20. The topological polar surface area (TPSA) is 63.5 Å². The average molecular weight is 261 g/mol. The lowest BCUT2D eigenvalue weighted by Crippen LogP contribution is -2.26. The molecule has 3 N–H and O–H groups in total. The van der Waals surface area contributed by atoms with Crippen LogP contribution in [-0.2, 0) is 0 Å². The predicted molar refractivity (Wildman–Crippen MR) is 74.8 cm³/mol. The Kier molecular flexibility index (Phi) is 3.08. The van der Waals surface area contributed by atoms with Crippen molar-refractivity contribution in [2.24, 2.45) is 5.73 Å². The lowest BCUT2D eigenvalue weighted by molar-refractivity contribution is 0.172. The number of ether oxygens (including phenoxy) is 2. The van der Waals surface area contributed by atoms with Crippen LogP contribution in [0.2, 0.25) is 0 Å². The van der Waals surface area contributed by atoms with E-state index >= 15 is 0 Å². The number of aromatic nitrogens is 1. The van der Waals surface area contributed by atoms with Crippen LogP contribution in [0.1, 0.15) is 11.6 Å². The number of fused-ring (bicyclic) bond motifs is 2. The lowest BCUT2D eigenvalue weighted by atomic mass is 10.0. The van der Waals surface area contributed by atoms with Gasteiger partial charge < -0.3 is 25.1 Å². The fourth-order valence-corrected chi connectivity index (χ4v) is 2.57. The van der Waals surface area contributed by atoms with Crippen molar-refractivity contribution in [3.63, 3.8) is 0 Å². The highest BCUT2D eigenvalue weighted by Crippen LogP contribution is 2.37. The van der Waals surface area contributed by atoms with E-state index in [9.17, 15) is 0 Å². The van der Waals surface area contributed by atoms with Crippen molar-refractivity contribution in [3.8, 4) is 11.5 Å². The molecular formula is C14H19N3O2. The zero-order valence-corrected chi connectivity index (χ0v) is 11.3. The molecule has 1 atom stereocenters. The molecule has 1 unspecified atom stereocenters. The monoisotopic (exact) mass is 261 g/mol. The van der Waals surface area contributed by atoms with Crippen LogP contribution in [0.25, 0.3) is 10.9 Å². The van der Waals surface area contributed by atoms with E-state index in [2.05, 4.69) is 9.88 Å². The Hall–Kier alpha value is -1.72. The van der Waals surface area contributed by atoms with Gasteiger partial charge in [-0.05, 0) is 25.7 Å². The summed E-state index contributed by atoms with van der Waals surface area (Å²) >= 11 is 0. The molecule has 0 saturated carbocycles. The van der Waals surface area contributed by atoms with E-state index in [0.717, 1.165) is 22.4 Å². The van der Waals surface area contributed by atoms with Crippen LogP contribution >= 0.6 is 0 Å². The van der Waals surface area contributed by atoms with Gasteiger partial charge in [-0.15, -0.1) is 0 Å². The summed E-state index contributed by atoms with van der Waals surface area (Å²) in [4.78, 5) is 5.41. The maximum Gasteiger partial charge on any atom is 0.163 e. The summed E-state index contributed by atoms with van der Waals surface area (Å²) in [6, 6.07) is 4.23. The van der Waals surface area contributed by atoms with Crippen LogP contribution < -0.4 is 15.2 Å². The fourth-order valence-electron chi connectivity index (χ4n) is 2.57. The van der Waals surface area contributed by atoms with E-state index in [4.69, 9.17) is 15.2 Å². The Bertz CT molecular complexity index is 592. The predicted octanol–water partition coefficient (Wildman–Crippen LogP) is 1.50. The second kappa shape index (κ2) is 4.75. The molecule has 0 bridgehead atoms. The minimum absolute atomic E-state index is 0.191.